The molecule has 1 aromatic carbocycles. The number of nitrogens with two attached hydrogens (primary N) is 1. The monoisotopic (exact) mass is 324 g/mol. The van der Waals surface area contributed by atoms with Gasteiger partial charge in [0.2, 0.25) is 0 Å². The Morgan fingerprint density at radius 3 is 2.88 bits per heavy atom. The third-order valence-electron chi connectivity index (χ3n) is 2.27. The van der Waals surface area contributed by atoms with Crippen LogP contribution in [-0.4, -0.2) is 13.2 Å². The van der Waals surface area contributed by atoms with Crippen molar-refractivity contribution in [1.82, 2.24) is 5.43 Å². The van der Waals surface area contributed by atoms with Gasteiger partial charge in [-0.05, 0) is 28.4 Å². The van der Waals surface area contributed by atoms with E-state index in [0.717, 1.165) is 6.42 Å². The van der Waals surface area contributed by atoms with E-state index in [2.05, 4.69) is 21.4 Å². The van der Waals surface area contributed by atoms with Crippen LogP contribution in [0, 0.1) is 5.82 Å². The van der Waals surface area contributed by atoms with E-state index in [1.54, 1.807) is 12.1 Å². The molecule has 0 aliphatic rings. The van der Waals surface area contributed by atoms with E-state index in [4.69, 9.17) is 22.2 Å². The Bertz CT molecular complexity index is 379. The standard InChI is InChI=1S/C11H15BrClFN2O/c1-2-5-17-6-9(16-15)7-3-4-8(12)10(13)11(7)14/h3-4,9,16H,2,5-6,15H2,1H3. The maximum absolute atomic E-state index is 13.9. The minimum absolute atomic E-state index is 0.0539. The molecule has 3 nitrogen and oxygen atoms in total. The Hall–Kier alpha value is -0.200. The lowest BCUT2D eigenvalue weighted by molar-refractivity contribution is 0.111. The van der Waals surface area contributed by atoms with Gasteiger partial charge in [0.1, 0.15) is 5.82 Å². The molecule has 0 aliphatic carbocycles. The van der Waals surface area contributed by atoms with Crippen molar-refractivity contribution in [3.63, 3.8) is 0 Å². The fourth-order valence-corrected chi connectivity index (χ4v) is 1.86. The van der Waals surface area contributed by atoms with E-state index in [0.29, 0.717) is 23.2 Å². The number of nitrogens with one attached hydrogen (secondary N) is 1. The molecule has 0 fully saturated rings. The third-order valence-corrected chi connectivity index (χ3v) is 3.53. The van der Waals surface area contributed by atoms with E-state index in [1.807, 2.05) is 6.92 Å². The lowest BCUT2D eigenvalue weighted by Gasteiger charge is -2.18. The van der Waals surface area contributed by atoms with Gasteiger partial charge in [-0.15, -0.1) is 0 Å². The van der Waals surface area contributed by atoms with Gasteiger partial charge in [-0.1, -0.05) is 24.6 Å². The first-order valence-corrected chi connectivity index (χ1v) is 6.46. The first-order chi connectivity index (χ1) is 8.11. The highest BCUT2D eigenvalue weighted by Gasteiger charge is 2.18. The van der Waals surface area contributed by atoms with Gasteiger partial charge in [-0.25, -0.2) is 4.39 Å². The second-order valence-corrected chi connectivity index (χ2v) is 4.79. The quantitative estimate of drug-likeness (QED) is 0.365. The molecule has 96 valence electrons. The van der Waals surface area contributed by atoms with Crippen LogP contribution in [0.1, 0.15) is 24.9 Å². The lowest BCUT2D eigenvalue weighted by atomic mass is 10.1. The fraction of sp³-hybridized carbons (Fsp3) is 0.455. The van der Waals surface area contributed by atoms with Crippen LogP contribution in [0.3, 0.4) is 0 Å². The summed E-state index contributed by atoms with van der Waals surface area (Å²) in [5.41, 5.74) is 2.93. The molecular formula is C11H15BrClFN2O. The van der Waals surface area contributed by atoms with E-state index in [-0.39, 0.29) is 5.02 Å². The highest BCUT2D eigenvalue weighted by atomic mass is 79.9. The van der Waals surface area contributed by atoms with Gasteiger partial charge < -0.3 is 4.74 Å². The second-order valence-electron chi connectivity index (χ2n) is 3.56. The Labute approximate surface area is 114 Å². The summed E-state index contributed by atoms with van der Waals surface area (Å²) in [6, 6.07) is 2.91. The molecule has 6 heteroatoms. The highest BCUT2D eigenvalue weighted by Crippen LogP contribution is 2.30. The first-order valence-electron chi connectivity index (χ1n) is 5.29. The Kier molecular flexibility index (Phi) is 6.37. The molecule has 0 aliphatic heterocycles. The van der Waals surface area contributed by atoms with Crippen LogP contribution in [0.25, 0.3) is 0 Å². The summed E-state index contributed by atoms with van der Waals surface area (Å²) in [5, 5.41) is 0.0539. The Morgan fingerprint density at radius 2 is 2.29 bits per heavy atom. The van der Waals surface area contributed by atoms with Crippen molar-refractivity contribution < 1.29 is 9.13 Å². The Balaban J connectivity index is 2.85. The number of benzene rings is 1. The molecule has 3 N–H and O–H groups in total. The summed E-state index contributed by atoms with van der Waals surface area (Å²) in [6.07, 6.45) is 0.904. The van der Waals surface area contributed by atoms with Gasteiger partial charge in [0.25, 0.3) is 0 Å². The molecule has 1 unspecified atom stereocenters. The number of halogens is 3. The first kappa shape index (κ1) is 14.9. The summed E-state index contributed by atoms with van der Waals surface area (Å²) < 4.78 is 19.8. The molecule has 0 heterocycles. The molecular weight excluding hydrogens is 310 g/mol. The van der Waals surface area contributed by atoms with Crippen molar-refractivity contribution in [2.45, 2.75) is 19.4 Å². The van der Waals surface area contributed by atoms with Gasteiger partial charge in [0.05, 0.1) is 17.7 Å². The predicted molar refractivity (Wildman–Crippen MR) is 70.3 cm³/mol. The van der Waals surface area contributed by atoms with Gasteiger partial charge in [0, 0.05) is 16.6 Å². The molecule has 0 aromatic heterocycles. The zero-order chi connectivity index (χ0) is 12.8. The molecule has 0 saturated carbocycles. The van der Waals surface area contributed by atoms with Crippen LogP contribution in [0.15, 0.2) is 16.6 Å². The second kappa shape index (κ2) is 7.28. The molecule has 0 spiro atoms. The average Bonchev–Trinajstić information content (AvgIpc) is 2.33. The topological polar surface area (TPSA) is 47.3 Å². The van der Waals surface area contributed by atoms with Crippen molar-refractivity contribution in [2.75, 3.05) is 13.2 Å². The van der Waals surface area contributed by atoms with Gasteiger partial charge >= 0.3 is 0 Å². The van der Waals surface area contributed by atoms with Crippen molar-refractivity contribution >= 4 is 27.5 Å². The lowest BCUT2D eigenvalue weighted by Crippen LogP contribution is -2.32. The summed E-state index contributed by atoms with van der Waals surface area (Å²) in [7, 11) is 0. The molecule has 1 rings (SSSR count). The van der Waals surface area contributed by atoms with Crippen molar-refractivity contribution in [3.8, 4) is 0 Å². The van der Waals surface area contributed by atoms with Gasteiger partial charge in [-0.3, -0.25) is 11.3 Å². The Morgan fingerprint density at radius 1 is 1.59 bits per heavy atom. The van der Waals surface area contributed by atoms with Crippen LogP contribution in [-0.2, 0) is 4.74 Å². The predicted octanol–water partition coefficient (Wildman–Crippen LogP) is 3.17. The summed E-state index contributed by atoms with van der Waals surface area (Å²) in [6.45, 7) is 2.92. The van der Waals surface area contributed by atoms with E-state index in [1.165, 1.54) is 0 Å². The number of ether oxygens (including phenoxy) is 1. The molecule has 0 amide bonds. The maximum Gasteiger partial charge on any atom is 0.147 e. The number of hydrazine groups is 1. The molecule has 0 bridgehead atoms. The van der Waals surface area contributed by atoms with Crippen molar-refractivity contribution in [1.29, 1.82) is 0 Å². The number of rotatable bonds is 6. The fourth-order valence-electron chi connectivity index (χ4n) is 1.38. The van der Waals surface area contributed by atoms with Crippen molar-refractivity contribution in [3.05, 3.63) is 33.0 Å². The van der Waals surface area contributed by atoms with Crippen LogP contribution < -0.4 is 11.3 Å². The largest absolute Gasteiger partial charge is 0.379 e. The van der Waals surface area contributed by atoms with Crippen LogP contribution in [0.2, 0.25) is 5.02 Å². The minimum atomic E-state index is -0.482. The molecule has 0 radical (unpaired) electrons. The molecule has 0 saturated heterocycles. The molecule has 1 aromatic rings. The summed E-state index contributed by atoms with van der Waals surface area (Å²) in [5.74, 6) is 4.91. The maximum atomic E-state index is 13.9. The average molecular weight is 326 g/mol. The van der Waals surface area contributed by atoms with Gasteiger partial charge in [-0.2, -0.15) is 0 Å². The highest BCUT2D eigenvalue weighted by molar-refractivity contribution is 9.10. The minimum Gasteiger partial charge on any atom is -0.379 e. The molecule has 1 atom stereocenters. The van der Waals surface area contributed by atoms with Gasteiger partial charge in [0.15, 0.2) is 0 Å². The van der Waals surface area contributed by atoms with Crippen LogP contribution >= 0.6 is 27.5 Å². The van der Waals surface area contributed by atoms with E-state index >= 15 is 0 Å². The van der Waals surface area contributed by atoms with Crippen LogP contribution in [0.5, 0.6) is 0 Å². The summed E-state index contributed by atoms with van der Waals surface area (Å²) in [4.78, 5) is 0. The van der Waals surface area contributed by atoms with Crippen LogP contribution in [0.4, 0.5) is 4.39 Å². The van der Waals surface area contributed by atoms with E-state index < -0.39 is 11.9 Å². The zero-order valence-corrected chi connectivity index (χ0v) is 11.8. The number of hydrogen-bond donors (Lipinski definition) is 2. The summed E-state index contributed by atoms with van der Waals surface area (Å²) >= 11 is 8.97. The van der Waals surface area contributed by atoms with Crippen molar-refractivity contribution in [2.24, 2.45) is 5.84 Å². The third kappa shape index (κ3) is 3.89. The smallest absolute Gasteiger partial charge is 0.147 e. The normalized spacial score (nSPS) is 12.8. The zero-order valence-electron chi connectivity index (χ0n) is 9.47. The van der Waals surface area contributed by atoms with E-state index in [9.17, 15) is 4.39 Å². The number of hydrogen-bond acceptors (Lipinski definition) is 3. The molecule has 17 heavy (non-hydrogen) atoms. The SMILES string of the molecule is CCCOCC(NN)c1ccc(Br)c(Cl)c1F.